The Bertz CT molecular complexity index is 2520. The van der Waals surface area contributed by atoms with Gasteiger partial charge in [0, 0.05) is 23.1 Å². The highest BCUT2D eigenvalue weighted by atomic mass is 32.2. The summed E-state index contributed by atoms with van der Waals surface area (Å²) in [5, 5.41) is 6.93. The van der Waals surface area contributed by atoms with E-state index in [0.29, 0.717) is 54.2 Å². The molecule has 0 spiro atoms. The van der Waals surface area contributed by atoms with Crippen LogP contribution in [0.5, 0.6) is 11.6 Å². The number of carbonyl (C=O) groups is 4. The zero-order valence-electron chi connectivity index (χ0n) is 32.8. The first kappa shape index (κ1) is 41.1. The highest BCUT2D eigenvalue weighted by Crippen LogP contribution is 2.48. The van der Waals surface area contributed by atoms with Crippen molar-refractivity contribution < 1.29 is 54.7 Å². The number of allylic oxidation sites excluding steroid dienone is 1. The van der Waals surface area contributed by atoms with Gasteiger partial charge in [-0.2, -0.15) is 0 Å². The van der Waals surface area contributed by atoms with Crippen molar-refractivity contribution in [2.24, 2.45) is 5.92 Å². The molecule has 5 atom stereocenters. The number of benzene rings is 2. The smallest absolute Gasteiger partial charge is 0.472 e. The lowest BCUT2D eigenvalue weighted by Gasteiger charge is -2.30. The number of amides is 4. The maximum absolute atomic E-state index is 14.7. The Kier molecular flexibility index (Phi) is 10.6. The second kappa shape index (κ2) is 15.4. The summed E-state index contributed by atoms with van der Waals surface area (Å²) in [5.74, 6) is -3.52. The van der Waals surface area contributed by atoms with E-state index in [9.17, 15) is 40.8 Å². The molecule has 4 aromatic rings. The lowest BCUT2D eigenvalue weighted by molar-refractivity contribution is -0.274. The number of hydrogen-bond donors (Lipinski definition) is 3. The normalized spacial score (nSPS) is 26.2. The van der Waals surface area contributed by atoms with E-state index in [1.54, 1.807) is 50.3 Å². The molecule has 60 heavy (non-hydrogen) atoms. The van der Waals surface area contributed by atoms with Crippen molar-refractivity contribution in [2.45, 2.75) is 106 Å². The van der Waals surface area contributed by atoms with Crippen molar-refractivity contribution >= 4 is 55.3 Å². The van der Waals surface area contributed by atoms with Gasteiger partial charge in [-0.3, -0.25) is 23.9 Å². The van der Waals surface area contributed by atoms with Crippen LogP contribution in [-0.2, 0) is 24.4 Å². The van der Waals surface area contributed by atoms with Gasteiger partial charge >= 0.3 is 6.36 Å². The third kappa shape index (κ3) is 8.25. The number of halogens is 3. The Balaban J connectivity index is 1.14. The van der Waals surface area contributed by atoms with Crippen LogP contribution in [0, 0.1) is 12.8 Å². The molecule has 3 N–H and O–H groups in total. The quantitative estimate of drug-likeness (QED) is 0.146. The minimum atomic E-state index is -4.98. The minimum absolute atomic E-state index is 0.0101. The number of sulfonamides is 1. The van der Waals surface area contributed by atoms with Gasteiger partial charge in [0.15, 0.2) is 5.76 Å². The molecular formula is C42H44F3N5O9S. The molecule has 4 aliphatic rings. The number of alkyl halides is 3. The molecule has 4 heterocycles. The second-order valence-electron chi connectivity index (χ2n) is 16.3. The van der Waals surface area contributed by atoms with Crippen molar-refractivity contribution in [3.8, 4) is 11.6 Å². The number of hydrogen-bond acceptors (Lipinski definition) is 10. The number of fused-ring (bicyclic) bond motifs is 5. The number of pyridine rings is 1. The zero-order chi connectivity index (χ0) is 42.6. The van der Waals surface area contributed by atoms with E-state index in [1.165, 1.54) is 23.1 Å². The van der Waals surface area contributed by atoms with Crippen molar-refractivity contribution in [1.29, 1.82) is 0 Å². The van der Waals surface area contributed by atoms with Crippen LogP contribution in [0.4, 0.5) is 13.2 Å². The topological polar surface area (TPSA) is 186 Å². The molecule has 8 rings (SSSR count). The van der Waals surface area contributed by atoms with Crippen LogP contribution in [0.25, 0.3) is 21.7 Å². The maximum Gasteiger partial charge on any atom is 0.573 e. The summed E-state index contributed by atoms with van der Waals surface area (Å²) in [6.45, 7) is 3.00. The molecule has 0 bridgehead atoms. The SMILES string of the molecule is Cc1ccc(C(=O)N[C@H]2CCCCC/C=C\[C@@H]3C[C@@]3(C(=O)NS(=O)(=O)C3(C)CC3)NC(=O)[C@@H]3C[C@@H](Oc4nc5ccccc5c5ccc(OC(F)(F)F)cc45)CN3C2=O)o1. The molecule has 1 saturated heterocycles. The van der Waals surface area contributed by atoms with Crippen LogP contribution >= 0.6 is 0 Å². The number of furan rings is 1. The Morgan fingerprint density at radius 1 is 1.02 bits per heavy atom. The van der Waals surface area contributed by atoms with Crippen LogP contribution in [0.3, 0.4) is 0 Å². The van der Waals surface area contributed by atoms with Crippen molar-refractivity contribution in [1.82, 2.24) is 25.2 Å². The van der Waals surface area contributed by atoms with E-state index in [0.717, 1.165) is 12.5 Å². The van der Waals surface area contributed by atoms with Gasteiger partial charge in [-0.05, 0) is 94.2 Å². The van der Waals surface area contributed by atoms with Crippen molar-refractivity contribution in [3.63, 3.8) is 0 Å². The molecule has 318 valence electrons. The molecule has 18 heteroatoms. The number of para-hydroxylation sites is 1. The second-order valence-corrected chi connectivity index (χ2v) is 18.5. The van der Waals surface area contributed by atoms with Gasteiger partial charge in [0.05, 0.1) is 16.8 Å². The summed E-state index contributed by atoms with van der Waals surface area (Å²) in [7, 11) is -4.07. The summed E-state index contributed by atoms with van der Waals surface area (Å²) >= 11 is 0. The molecule has 2 aliphatic carbocycles. The van der Waals surface area contributed by atoms with Gasteiger partial charge in [0.25, 0.3) is 11.8 Å². The molecule has 14 nitrogen and oxygen atoms in total. The molecule has 0 radical (unpaired) electrons. The number of aryl methyl sites for hydroxylation is 1. The molecule has 3 fully saturated rings. The van der Waals surface area contributed by atoms with Gasteiger partial charge in [0.1, 0.15) is 35.2 Å². The van der Waals surface area contributed by atoms with Crippen molar-refractivity contribution in [2.75, 3.05) is 6.54 Å². The monoisotopic (exact) mass is 851 g/mol. The largest absolute Gasteiger partial charge is 0.573 e. The molecule has 2 aliphatic heterocycles. The van der Waals surface area contributed by atoms with Gasteiger partial charge in [0.2, 0.25) is 27.7 Å². The molecule has 2 aromatic carbocycles. The Morgan fingerprint density at radius 3 is 2.53 bits per heavy atom. The van der Waals surface area contributed by atoms with Crippen molar-refractivity contribution in [3.05, 3.63) is 78.3 Å². The van der Waals surface area contributed by atoms with Crippen LogP contribution in [0.2, 0.25) is 0 Å². The maximum atomic E-state index is 14.7. The molecule has 4 amide bonds. The van der Waals surface area contributed by atoms with Crippen LogP contribution in [0.1, 0.15) is 81.0 Å². The number of rotatable bonds is 8. The van der Waals surface area contributed by atoms with E-state index < -0.39 is 80.2 Å². The van der Waals surface area contributed by atoms with E-state index in [4.69, 9.17) is 9.15 Å². The highest BCUT2D eigenvalue weighted by Gasteiger charge is 2.63. The standard InChI is InChI=1S/C42H44F3N5O9S/c1-24-14-17-34(57-24)36(52)46-32-13-7-5-3-4-6-10-25-22-41(25,39(54)49-60(55,56)40(2)18-19-40)48-35(51)33-21-27(23-50(33)38(32)53)58-37-30-20-26(59-42(43,44)45)15-16-28(30)29-11-8-9-12-31(29)47-37/h6,8-12,14-17,20,25,27,32-33H,3-5,7,13,18-19,21-23H2,1-2H3,(H,46,52)(H,48,51)(H,49,54)/b10-6-/t25-,27-,32+,33+,41-/m1/s1. The Morgan fingerprint density at radius 2 is 1.80 bits per heavy atom. The summed E-state index contributed by atoms with van der Waals surface area (Å²) < 4.78 is 83.7. The first-order valence-electron chi connectivity index (χ1n) is 19.9. The number of ether oxygens (including phenoxy) is 2. The van der Waals surface area contributed by atoms with E-state index in [2.05, 4.69) is 25.1 Å². The van der Waals surface area contributed by atoms with Gasteiger partial charge < -0.3 is 29.4 Å². The average molecular weight is 852 g/mol. The van der Waals surface area contributed by atoms with Crippen LogP contribution in [0.15, 0.2) is 71.2 Å². The van der Waals surface area contributed by atoms with Crippen LogP contribution in [-0.4, -0.2) is 83.3 Å². The summed E-state index contributed by atoms with van der Waals surface area (Å²) in [5.41, 5.74) is -1.16. The lowest BCUT2D eigenvalue weighted by Crippen LogP contribution is -2.58. The number of nitrogens with one attached hydrogen (secondary N) is 3. The fraction of sp³-hybridized carbons (Fsp3) is 0.452. The Labute approximate surface area is 343 Å². The molecule has 2 aromatic heterocycles. The lowest BCUT2D eigenvalue weighted by atomic mass is 10.0. The third-order valence-corrected chi connectivity index (χ3v) is 14.1. The molecule has 2 saturated carbocycles. The number of aromatic nitrogens is 1. The fourth-order valence-electron chi connectivity index (χ4n) is 8.08. The predicted octanol–water partition coefficient (Wildman–Crippen LogP) is 5.73. The average Bonchev–Trinajstić information content (AvgIpc) is 3.99. The number of carbonyl (C=O) groups excluding carboxylic acids is 4. The zero-order valence-corrected chi connectivity index (χ0v) is 33.7. The van der Waals surface area contributed by atoms with Gasteiger partial charge in [-0.1, -0.05) is 43.2 Å². The van der Waals surface area contributed by atoms with Gasteiger partial charge in [-0.25, -0.2) is 13.4 Å². The van der Waals surface area contributed by atoms with E-state index in [-0.39, 0.29) is 42.8 Å². The fourth-order valence-corrected chi connectivity index (χ4v) is 9.39. The third-order valence-electron chi connectivity index (χ3n) is 11.9. The number of nitrogens with zero attached hydrogens (tertiary/aromatic N) is 2. The summed E-state index contributed by atoms with van der Waals surface area (Å²) in [6.07, 6.45) is 1.27. The predicted molar refractivity (Wildman–Crippen MR) is 211 cm³/mol. The molecular weight excluding hydrogens is 808 g/mol. The summed E-state index contributed by atoms with van der Waals surface area (Å²) in [6, 6.07) is 11.5. The summed E-state index contributed by atoms with van der Waals surface area (Å²) in [4.78, 5) is 62.5. The van der Waals surface area contributed by atoms with E-state index >= 15 is 0 Å². The first-order valence-corrected chi connectivity index (χ1v) is 21.4. The first-order chi connectivity index (χ1) is 28.4. The highest BCUT2D eigenvalue weighted by molar-refractivity contribution is 7.91. The minimum Gasteiger partial charge on any atom is -0.472 e. The molecule has 0 unspecified atom stereocenters. The van der Waals surface area contributed by atoms with Gasteiger partial charge in [-0.15, -0.1) is 13.2 Å². The Hall–Kier alpha value is -5.65. The van der Waals surface area contributed by atoms with Crippen LogP contribution < -0.4 is 24.8 Å². The van der Waals surface area contributed by atoms with E-state index in [1.807, 2.05) is 6.08 Å².